The molecule has 0 radical (unpaired) electrons. The van der Waals surface area contributed by atoms with Crippen molar-refractivity contribution in [3.63, 3.8) is 0 Å². The van der Waals surface area contributed by atoms with Gasteiger partial charge in [-0.05, 0) is 41.9 Å². The second-order valence-electron chi connectivity index (χ2n) is 4.43. The molecule has 0 spiro atoms. The van der Waals surface area contributed by atoms with Crippen molar-refractivity contribution in [2.45, 2.75) is 19.8 Å². The lowest BCUT2D eigenvalue weighted by Gasteiger charge is -2.15. The van der Waals surface area contributed by atoms with Crippen LogP contribution in [-0.2, 0) is 12.8 Å². The molecule has 2 atom stereocenters. The molecule has 2 unspecified atom stereocenters. The summed E-state index contributed by atoms with van der Waals surface area (Å²) in [5.41, 5.74) is 2.73. The predicted molar refractivity (Wildman–Crippen MR) is 60.1 cm³/mol. The SMILES string of the molecule is COc1cccc2c1CC(C(C)CO)C2. The number of hydrogen-bond acceptors (Lipinski definition) is 2. The highest BCUT2D eigenvalue weighted by molar-refractivity contribution is 5.43. The topological polar surface area (TPSA) is 29.5 Å². The van der Waals surface area contributed by atoms with E-state index >= 15 is 0 Å². The predicted octanol–water partition coefficient (Wildman–Crippen LogP) is 2.04. The van der Waals surface area contributed by atoms with E-state index in [-0.39, 0.29) is 6.61 Å². The van der Waals surface area contributed by atoms with Gasteiger partial charge in [0.05, 0.1) is 7.11 Å². The van der Waals surface area contributed by atoms with Gasteiger partial charge in [-0.2, -0.15) is 0 Å². The minimum atomic E-state index is 0.279. The fraction of sp³-hybridized carbons (Fsp3) is 0.538. The highest BCUT2D eigenvalue weighted by atomic mass is 16.5. The Bertz CT molecular complexity index is 346. The van der Waals surface area contributed by atoms with Crippen LogP contribution in [-0.4, -0.2) is 18.8 Å². The molecule has 82 valence electrons. The zero-order valence-electron chi connectivity index (χ0n) is 9.36. The van der Waals surface area contributed by atoms with E-state index in [1.54, 1.807) is 7.11 Å². The molecular formula is C13H18O2. The largest absolute Gasteiger partial charge is 0.496 e. The van der Waals surface area contributed by atoms with E-state index in [1.807, 2.05) is 12.1 Å². The van der Waals surface area contributed by atoms with E-state index in [0.29, 0.717) is 11.8 Å². The Hall–Kier alpha value is -1.02. The third-order valence-corrected chi connectivity index (χ3v) is 3.49. The van der Waals surface area contributed by atoms with E-state index < -0.39 is 0 Å². The fourth-order valence-electron chi connectivity index (χ4n) is 2.39. The number of hydrogen-bond donors (Lipinski definition) is 1. The van der Waals surface area contributed by atoms with Gasteiger partial charge in [0.2, 0.25) is 0 Å². The van der Waals surface area contributed by atoms with E-state index in [2.05, 4.69) is 13.0 Å². The van der Waals surface area contributed by atoms with Crippen molar-refractivity contribution in [2.75, 3.05) is 13.7 Å². The number of benzene rings is 1. The van der Waals surface area contributed by atoms with Gasteiger partial charge in [-0.3, -0.25) is 0 Å². The third kappa shape index (κ3) is 1.86. The van der Waals surface area contributed by atoms with Crippen LogP contribution in [0.4, 0.5) is 0 Å². The number of aliphatic hydroxyl groups is 1. The maximum atomic E-state index is 9.17. The average molecular weight is 206 g/mol. The first-order chi connectivity index (χ1) is 7.26. The molecule has 0 amide bonds. The molecule has 1 N–H and O–H groups in total. The Morgan fingerprint density at radius 1 is 1.47 bits per heavy atom. The van der Waals surface area contributed by atoms with E-state index in [1.165, 1.54) is 11.1 Å². The van der Waals surface area contributed by atoms with Crippen LogP contribution in [0.15, 0.2) is 18.2 Å². The van der Waals surface area contributed by atoms with Crippen LogP contribution in [0.25, 0.3) is 0 Å². The first-order valence-electron chi connectivity index (χ1n) is 5.52. The number of methoxy groups -OCH3 is 1. The lowest BCUT2D eigenvalue weighted by atomic mass is 9.92. The second-order valence-corrected chi connectivity index (χ2v) is 4.43. The van der Waals surface area contributed by atoms with Gasteiger partial charge in [-0.1, -0.05) is 19.1 Å². The van der Waals surface area contributed by atoms with Gasteiger partial charge in [-0.15, -0.1) is 0 Å². The smallest absolute Gasteiger partial charge is 0.122 e. The monoisotopic (exact) mass is 206 g/mol. The molecule has 0 fully saturated rings. The molecule has 0 aromatic heterocycles. The van der Waals surface area contributed by atoms with Gasteiger partial charge in [-0.25, -0.2) is 0 Å². The molecule has 0 saturated carbocycles. The van der Waals surface area contributed by atoms with Crippen LogP contribution in [0.2, 0.25) is 0 Å². The molecule has 2 nitrogen and oxygen atoms in total. The van der Waals surface area contributed by atoms with Gasteiger partial charge >= 0.3 is 0 Å². The van der Waals surface area contributed by atoms with E-state index in [9.17, 15) is 0 Å². The Labute approximate surface area is 90.9 Å². The van der Waals surface area contributed by atoms with Crippen LogP contribution in [0, 0.1) is 11.8 Å². The molecule has 1 aromatic rings. The van der Waals surface area contributed by atoms with Gasteiger partial charge in [0.1, 0.15) is 5.75 Å². The summed E-state index contributed by atoms with van der Waals surface area (Å²) in [4.78, 5) is 0. The molecule has 2 heteroatoms. The first-order valence-corrected chi connectivity index (χ1v) is 5.52. The lowest BCUT2D eigenvalue weighted by molar-refractivity contribution is 0.191. The maximum Gasteiger partial charge on any atom is 0.122 e. The lowest BCUT2D eigenvalue weighted by Crippen LogP contribution is -2.15. The molecule has 2 rings (SSSR count). The van der Waals surface area contributed by atoms with Crippen molar-refractivity contribution >= 4 is 0 Å². The summed E-state index contributed by atoms with van der Waals surface area (Å²) in [7, 11) is 1.72. The number of fused-ring (bicyclic) bond motifs is 1. The highest BCUT2D eigenvalue weighted by Crippen LogP contribution is 2.36. The van der Waals surface area contributed by atoms with E-state index in [4.69, 9.17) is 9.84 Å². The summed E-state index contributed by atoms with van der Waals surface area (Å²) >= 11 is 0. The minimum Gasteiger partial charge on any atom is -0.496 e. The number of rotatable bonds is 3. The summed E-state index contributed by atoms with van der Waals surface area (Å²) < 4.78 is 5.36. The zero-order chi connectivity index (χ0) is 10.8. The summed E-state index contributed by atoms with van der Waals surface area (Å²) in [5.74, 6) is 1.95. The quantitative estimate of drug-likeness (QED) is 0.820. The summed E-state index contributed by atoms with van der Waals surface area (Å²) in [6.45, 7) is 2.39. The standard InChI is InChI=1S/C13H18O2/c1-9(8-14)11-6-10-4-3-5-13(15-2)12(10)7-11/h3-5,9,11,14H,6-8H2,1-2H3. The van der Waals surface area contributed by atoms with Gasteiger partial charge in [0, 0.05) is 6.61 Å². The third-order valence-electron chi connectivity index (χ3n) is 3.49. The normalized spacial score (nSPS) is 21.1. The summed E-state index contributed by atoms with van der Waals surface area (Å²) in [6.07, 6.45) is 2.12. The van der Waals surface area contributed by atoms with Gasteiger partial charge < -0.3 is 9.84 Å². The maximum absolute atomic E-state index is 9.17. The van der Waals surface area contributed by atoms with Crippen LogP contribution >= 0.6 is 0 Å². The van der Waals surface area contributed by atoms with E-state index in [0.717, 1.165) is 18.6 Å². The Kier molecular flexibility index (Phi) is 2.96. The van der Waals surface area contributed by atoms with Gasteiger partial charge in [0.25, 0.3) is 0 Å². The molecule has 1 aliphatic rings. The number of aliphatic hydroxyl groups excluding tert-OH is 1. The molecular weight excluding hydrogens is 188 g/mol. The minimum absolute atomic E-state index is 0.279. The Morgan fingerprint density at radius 2 is 2.27 bits per heavy atom. The Balaban J connectivity index is 2.23. The summed E-state index contributed by atoms with van der Waals surface area (Å²) in [6, 6.07) is 6.23. The first kappa shape index (κ1) is 10.5. The molecule has 1 aromatic carbocycles. The van der Waals surface area contributed by atoms with Crippen molar-refractivity contribution in [2.24, 2.45) is 11.8 Å². The van der Waals surface area contributed by atoms with Crippen LogP contribution in [0.3, 0.4) is 0 Å². The Morgan fingerprint density at radius 3 is 2.93 bits per heavy atom. The van der Waals surface area contributed by atoms with Crippen molar-refractivity contribution in [1.82, 2.24) is 0 Å². The van der Waals surface area contributed by atoms with Crippen molar-refractivity contribution in [3.8, 4) is 5.75 Å². The van der Waals surface area contributed by atoms with Crippen molar-refractivity contribution in [1.29, 1.82) is 0 Å². The fourth-order valence-corrected chi connectivity index (χ4v) is 2.39. The zero-order valence-corrected chi connectivity index (χ0v) is 9.36. The average Bonchev–Trinajstić information content (AvgIpc) is 2.71. The van der Waals surface area contributed by atoms with Crippen molar-refractivity contribution < 1.29 is 9.84 Å². The highest BCUT2D eigenvalue weighted by Gasteiger charge is 2.27. The number of ether oxygens (including phenoxy) is 1. The van der Waals surface area contributed by atoms with Crippen LogP contribution in [0.5, 0.6) is 5.75 Å². The van der Waals surface area contributed by atoms with Crippen LogP contribution in [0.1, 0.15) is 18.1 Å². The molecule has 15 heavy (non-hydrogen) atoms. The molecule has 1 aliphatic carbocycles. The molecule has 0 aliphatic heterocycles. The molecule has 0 saturated heterocycles. The molecule has 0 bridgehead atoms. The van der Waals surface area contributed by atoms with Gasteiger partial charge in [0.15, 0.2) is 0 Å². The van der Waals surface area contributed by atoms with Crippen LogP contribution < -0.4 is 4.74 Å². The summed E-state index contributed by atoms with van der Waals surface area (Å²) in [5, 5.41) is 9.17. The van der Waals surface area contributed by atoms with Crippen molar-refractivity contribution in [3.05, 3.63) is 29.3 Å². The second kappa shape index (κ2) is 4.23. The molecule has 0 heterocycles.